The number of esters is 1. The summed E-state index contributed by atoms with van der Waals surface area (Å²) in [6, 6.07) is 3.83. The standard InChI is InChI=1S/C17H19F3N4O3S/c1-16(2,3)27-12(25)8-9-21-14-23-24-15(28-14)22-13(26)10-4-6-11(7-5-10)17(18,19)20/h4-7H,8-9H2,1-3H3,(H,21,23)(H,22,24,26). The SMILES string of the molecule is CC(C)(C)OC(=O)CCNc1nnc(NC(=O)c2ccc(C(F)(F)F)cc2)s1. The van der Waals surface area contributed by atoms with Crippen molar-refractivity contribution in [2.75, 3.05) is 17.2 Å². The molecule has 0 saturated carbocycles. The second-order valence-electron chi connectivity index (χ2n) is 6.70. The van der Waals surface area contributed by atoms with Crippen LogP contribution in [0, 0.1) is 0 Å². The molecular weight excluding hydrogens is 397 g/mol. The minimum absolute atomic E-state index is 0.0580. The maximum Gasteiger partial charge on any atom is 0.416 e. The summed E-state index contributed by atoms with van der Waals surface area (Å²) in [7, 11) is 0. The molecule has 0 fully saturated rings. The molecule has 1 aromatic heterocycles. The summed E-state index contributed by atoms with van der Waals surface area (Å²) < 4.78 is 42.8. The smallest absolute Gasteiger partial charge is 0.416 e. The summed E-state index contributed by atoms with van der Waals surface area (Å²) in [5.41, 5.74) is -1.34. The Kier molecular flexibility index (Phi) is 6.60. The molecule has 0 unspecified atom stereocenters. The molecule has 152 valence electrons. The molecule has 1 aromatic carbocycles. The molecule has 0 aliphatic carbocycles. The Hall–Kier alpha value is -2.69. The van der Waals surface area contributed by atoms with Crippen molar-refractivity contribution >= 4 is 33.5 Å². The average Bonchev–Trinajstić information content (AvgIpc) is 2.99. The van der Waals surface area contributed by atoms with Crippen LogP contribution in [0.2, 0.25) is 0 Å². The third kappa shape index (κ3) is 6.80. The van der Waals surface area contributed by atoms with Crippen molar-refractivity contribution in [1.29, 1.82) is 0 Å². The largest absolute Gasteiger partial charge is 0.460 e. The molecule has 28 heavy (non-hydrogen) atoms. The Bertz CT molecular complexity index is 829. The van der Waals surface area contributed by atoms with Gasteiger partial charge in [-0.15, -0.1) is 10.2 Å². The number of alkyl halides is 3. The Labute approximate surface area is 163 Å². The van der Waals surface area contributed by atoms with E-state index in [1.54, 1.807) is 20.8 Å². The van der Waals surface area contributed by atoms with Crippen LogP contribution in [0.15, 0.2) is 24.3 Å². The topological polar surface area (TPSA) is 93.2 Å². The van der Waals surface area contributed by atoms with Crippen molar-refractivity contribution < 1.29 is 27.5 Å². The number of nitrogens with zero attached hydrogens (tertiary/aromatic N) is 2. The molecule has 0 atom stereocenters. The van der Waals surface area contributed by atoms with Gasteiger partial charge in [-0.25, -0.2) is 0 Å². The Morgan fingerprint density at radius 3 is 2.25 bits per heavy atom. The molecule has 1 amide bonds. The molecule has 1 heterocycles. The monoisotopic (exact) mass is 416 g/mol. The third-order valence-corrected chi connectivity index (χ3v) is 3.94. The van der Waals surface area contributed by atoms with Gasteiger partial charge in [0.15, 0.2) is 0 Å². The highest BCUT2D eigenvalue weighted by Gasteiger charge is 2.30. The first-order chi connectivity index (χ1) is 12.9. The van der Waals surface area contributed by atoms with E-state index in [9.17, 15) is 22.8 Å². The first kappa shape index (κ1) is 21.6. The summed E-state index contributed by atoms with van der Waals surface area (Å²) in [6.45, 7) is 5.59. The molecule has 2 aromatic rings. The van der Waals surface area contributed by atoms with Crippen molar-refractivity contribution in [3.63, 3.8) is 0 Å². The van der Waals surface area contributed by atoms with E-state index in [2.05, 4.69) is 20.8 Å². The van der Waals surface area contributed by atoms with Crippen molar-refractivity contribution in [3.05, 3.63) is 35.4 Å². The van der Waals surface area contributed by atoms with Crippen LogP contribution in [0.4, 0.5) is 23.4 Å². The van der Waals surface area contributed by atoms with Crippen molar-refractivity contribution in [2.24, 2.45) is 0 Å². The fourth-order valence-electron chi connectivity index (χ4n) is 1.99. The second-order valence-corrected chi connectivity index (χ2v) is 7.68. The van der Waals surface area contributed by atoms with Crippen LogP contribution in [-0.2, 0) is 15.7 Å². The summed E-state index contributed by atoms with van der Waals surface area (Å²) in [6.07, 6.45) is -4.34. The molecule has 0 spiro atoms. The molecule has 0 radical (unpaired) electrons. The number of amides is 1. The van der Waals surface area contributed by atoms with Gasteiger partial charge >= 0.3 is 12.1 Å². The zero-order valence-electron chi connectivity index (χ0n) is 15.4. The van der Waals surface area contributed by atoms with E-state index in [1.807, 2.05) is 0 Å². The van der Waals surface area contributed by atoms with E-state index in [0.29, 0.717) is 5.13 Å². The lowest BCUT2D eigenvalue weighted by atomic mass is 10.1. The van der Waals surface area contributed by atoms with Crippen LogP contribution >= 0.6 is 11.3 Å². The number of rotatable bonds is 6. The zero-order chi connectivity index (χ0) is 20.9. The van der Waals surface area contributed by atoms with Crippen LogP contribution in [0.1, 0.15) is 43.1 Å². The lowest BCUT2D eigenvalue weighted by Crippen LogP contribution is -2.25. The highest BCUT2D eigenvalue weighted by Crippen LogP contribution is 2.29. The first-order valence-electron chi connectivity index (χ1n) is 8.22. The quantitative estimate of drug-likeness (QED) is 0.693. The second kappa shape index (κ2) is 8.55. The lowest BCUT2D eigenvalue weighted by Gasteiger charge is -2.19. The molecule has 0 aliphatic heterocycles. The maximum absolute atomic E-state index is 12.5. The molecule has 2 rings (SSSR count). The number of anilines is 2. The number of nitrogens with one attached hydrogen (secondary N) is 2. The van der Waals surface area contributed by atoms with E-state index in [-0.39, 0.29) is 29.6 Å². The highest BCUT2D eigenvalue weighted by atomic mass is 32.1. The average molecular weight is 416 g/mol. The summed E-state index contributed by atoms with van der Waals surface area (Å²) in [4.78, 5) is 23.7. The Morgan fingerprint density at radius 1 is 1.07 bits per heavy atom. The molecule has 2 N–H and O–H groups in total. The van der Waals surface area contributed by atoms with E-state index >= 15 is 0 Å². The fraction of sp³-hybridized carbons (Fsp3) is 0.412. The van der Waals surface area contributed by atoms with Gasteiger partial charge in [0.05, 0.1) is 12.0 Å². The van der Waals surface area contributed by atoms with Gasteiger partial charge in [-0.05, 0) is 45.0 Å². The first-order valence-corrected chi connectivity index (χ1v) is 9.03. The number of carbonyl (C=O) groups is 2. The van der Waals surface area contributed by atoms with Crippen molar-refractivity contribution in [1.82, 2.24) is 10.2 Å². The number of hydrogen-bond acceptors (Lipinski definition) is 7. The van der Waals surface area contributed by atoms with Crippen LogP contribution in [-0.4, -0.2) is 34.2 Å². The van der Waals surface area contributed by atoms with Gasteiger partial charge in [0.25, 0.3) is 5.91 Å². The summed E-state index contributed by atoms with van der Waals surface area (Å²) >= 11 is 1.03. The van der Waals surface area contributed by atoms with Crippen molar-refractivity contribution in [2.45, 2.75) is 39.0 Å². The van der Waals surface area contributed by atoms with Gasteiger partial charge in [0, 0.05) is 12.1 Å². The summed E-state index contributed by atoms with van der Waals surface area (Å²) in [5, 5.41) is 13.5. The minimum Gasteiger partial charge on any atom is -0.460 e. The third-order valence-electron chi connectivity index (χ3n) is 3.15. The molecular formula is C17H19F3N4O3S. The lowest BCUT2D eigenvalue weighted by molar-refractivity contribution is -0.154. The molecule has 0 bridgehead atoms. The predicted molar refractivity (Wildman–Crippen MR) is 98.3 cm³/mol. The zero-order valence-corrected chi connectivity index (χ0v) is 16.2. The van der Waals surface area contributed by atoms with Crippen LogP contribution < -0.4 is 10.6 Å². The number of hydrogen-bond donors (Lipinski definition) is 2. The number of benzene rings is 1. The Morgan fingerprint density at radius 2 is 1.68 bits per heavy atom. The fourth-order valence-corrected chi connectivity index (χ4v) is 2.65. The van der Waals surface area contributed by atoms with E-state index in [0.717, 1.165) is 35.6 Å². The van der Waals surface area contributed by atoms with Gasteiger partial charge in [-0.1, -0.05) is 11.3 Å². The Balaban J connectivity index is 1.85. The number of carbonyl (C=O) groups excluding carboxylic acids is 2. The molecule has 0 saturated heterocycles. The van der Waals surface area contributed by atoms with Crippen LogP contribution in [0.25, 0.3) is 0 Å². The minimum atomic E-state index is -4.46. The van der Waals surface area contributed by atoms with Gasteiger partial charge in [0.2, 0.25) is 10.3 Å². The van der Waals surface area contributed by atoms with E-state index in [4.69, 9.17) is 4.74 Å². The maximum atomic E-state index is 12.5. The number of ether oxygens (including phenoxy) is 1. The van der Waals surface area contributed by atoms with Crippen molar-refractivity contribution in [3.8, 4) is 0 Å². The van der Waals surface area contributed by atoms with Gasteiger partial charge in [-0.2, -0.15) is 13.2 Å². The van der Waals surface area contributed by atoms with Gasteiger partial charge < -0.3 is 10.1 Å². The number of aromatic nitrogens is 2. The van der Waals surface area contributed by atoms with Gasteiger partial charge in [-0.3, -0.25) is 14.9 Å². The van der Waals surface area contributed by atoms with Crippen LogP contribution in [0.5, 0.6) is 0 Å². The summed E-state index contributed by atoms with van der Waals surface area (Å²) in [5.74, 6) is -0.967. The molecule has 7 nitrogen and oxygen atoms in total. The van der Waals surface area contributed by atoms with Gasteiger partial charge in [0.1, 0.15) is 5.60 Å². The highest BCUT2D eigenvalue weighted by molar-refractivity contribution is 7.19. The van der Waals surface area contributed by atoms with E-state index < -0.39 is 23.2 Å². The predicted octanol–water partition coefficient (Wildman–Crippen LogP) is 3.95. The number of halogens is 3. The molecule has 0 aliphatic rings. The molecule has 11 heteroatoms. The normalized spacial score (nSPS) is 11.8. The van der Waals surface area contributed by atoms with E-state index in [1.165, 1.54) is 0 Å². The van der Waals surface area contributed by atoms with Crippen LogP contribution in [0.3, 0.4) is 0 Å².